The summed E-state index contributed by atoms with van der Waals surface area (Å²) in [6, 6.07) is 0. The summed E-state index contributed by atoms with van der Waals surface area (Å²) < 4.78 is 3.35. The second kappa shape index (κ2) is 4.69. The molecule has 2 aromatic heterocycles. The molecule has 0 radical (unpaired) electrons. The maximum Gasteiger partial charge on any atom is 0.269 e. The van der Waals surface area contributed by atoms with Crippen LogP contribution in [0.4, 0.5) is 5.69 Å². The maximum absolute atomic E-state index is 11.7. The van der Waals surface area contributed by atoms with E-state index >= 15 is 0 Å². The normalized spacial score (nSPS) is 10.4. The molecule has 17 heavy (non-hydrogen) atoms. The topological polar surface area (TPSA) is 90.8 Å². The Morgan fingerprint density at radius 3 is 2.94 bits per heavy atom. The molecule has 7 heteroatoms. The van der Waals surface area contributed by atoms with E-state index < -0.39 is 0 Å². The Kier molecular flexibility index (Phi) is 3.08. The van der Waals surface area contributed by atoms with E-state index in [9.17, 15) is 4.79 Å². The highest BCUT2D eigenvalue weighted by Gasteiger charge is 2.08. The quantitative estimate of drug-likeness (QED) is 0.755. The summed E-state index contributed by atoms with van der Waals surface area (Å²) in [6.45, 7) is 1.08. The van der Waals surface area contributed by atoms with Crippen molar-refractivity contribution in [3.8, 4) is 0 Å². The Balaban J connectivity index is 1.83. The van der Waals surface area contributed by atoms with Crippen molar-refractivity contribution in [2.75, 3.05) is 12.3 Å². The smallest absolute Gasteiger partial charge is 0.269 e. The zero-order valence-corrected chi connectivity index (χ0v) is 9.50. The van der Waals surface area contributed by atoms with Crippen LogP contribution in [0.15, 0.2) is 24.9 Å². The highest BCUT2D eigenvalue weighted by molar-refractivity contribution is 5.92. The Labute approximate surface area is 98.2 Å². The number of nitrogen functional groups attached to an aromatic ring is 1. The Hall–Kier alpha value is -2.31. The van der Waals surface area contributed by atoms with E-state index in [-0.39, 0.29) is 5.91 Å². The Morgan fingerprint density at radius 1 is 1.53 bits per heavy atom. The van der Waals surface area contributed by atoms with Gasteiger partial charge in [-0.2, -0.15) is 5.10 Å². The van der Waals surface area contributed by atoms with Gasteiger partial charge >= 0.3 is 0 Å². The Bertz CT molecular complexity index is 514. The SMILES string of the molecule is Cn1cncc1C(=O)NCCn1cc(N)cn1. The maximum atomic E-state index is 11.7. The standard InChI is InChI=1S/C10H14N6O/c1-15-7-12-5-9(15)10(17)13-2-3-16-6-8(11)4-14-16/h4-7H,2-3,11H2,1H3,(H,13,17). The number of aryl methyl sites for hydroxylation is 1. The molecule has 0 bridgehead atoms. The molecule has 2 rings (SSSR count). The van der Waals surface area contributed by atoms with E-state index in [1.54, 1.807) is 35.0 Å². The number of hydrogen-bond donors (Lipinski definition) is 2. The van der Waals surface area contributed by atoms with Crippen LogP contribution in [0.2, 0.25) is 0 Å². The molecule has 0 aliphatic heterocycles. The van der Waals surface area contributed by atoms with Crippen LogP contribution in [0.3, 0.4) is 0 Å². The van der Waals surface area contributed by atoms with Crippen molar-refractivity contribution >= 4 is 11.6 Å². The monoisotopic (exact) mass is 234 g/mol. The van der Waals surface area contributed by atoms with Crippen LogP contribution < -0.4 is 11.1 Å². The first-order chi connectivity index (χ1) is 8.16. The van der Waals surface area contributed by atoms with Crippen molar-refractivity contribution in [3.05, 3.63) is 30.6 Å². The first kappa shape index (κ1) is 11.2. The van der Waals surface area contributed by atoms with Crippen LogP contribution in [-0.2, 0) is 13.6 Å². The third-order valence-corrected chi connectivity index (χ3v) is 2.33. The van der Waals surface area contributed by atoms with Gasteiger partial charge in [0.05, 0.1) is 31.0 Å². The van der Waals surface area contributed by atoms with Crippen LogP contribution in [0.25, 0.3) is 0 Å². The van der Waals surface area contributed by atoms with Gasteiger partial charge in [-0.25, -0.2) is 4.98 Å². The molecule has 0 aliphatic rings. The highest BCUT2D eigenvalue weighted by Crippen LogP contribution is 1.98. The van der Waals surface area contributed by atoms with Crippen molar-refractivity contribution in [2.45, 2.75) is 6.54 Å². The van der Waals surface area contributed by atoms with Gasteiger partial charge in [0.2, 0.25) is 0 Å². The lowest BCUT2D eigenvalue weighted by molar-refractivity contribution is 0.0944. The summed E-state index contributed by atoms with van der Waals surface area (Å²) in [5.41, 5.74) is 6.67. The number of aromatic nitrogens is 4. The summed E-state index contributed by atoms with van der Waals surface area (Å²) in [6.07, 6.45) is 6.41. The molecule has 7 nitrogen and oxygen atoms in total. The average Bonchev–Trinajstić information content (AvgIpc) is 2.87. The number of nitrogens with zero attached hydrogens (tertiary/aromatic N) is 4. The minimum atomic E-state index is -0.148. The molecule has 0 unspecified atom stereocenters. The molecule has 0 fully saturated rings. The number of nitrogens with two attached hydrogens (primary N) is 1. The molecule has 90 valence electrons. The second-order valence-electron chi connectivity index (χ2n) is 3.68. The zero-order valence-electron chi connectivity index (χ0n) is 9.50. The third kappa shape index (κ3) is 2.63. The first-order valence-electron chi connectivity index (χ1n) is 5.19. The van der Waals surface area contributed by atoms with Gasteiger partial charge in [0.15, 0.2) is 0 Å². The van der Waals surface area contributed by atoms with Crippen LogP contribution in [-0.4, -0.2) is 31.8 Å². The predicted molar refractivity (Wildman–Crippen MR) is 62.2 cm³/mol. The number of imidazole rings is 1. The molecule has 0 saturated heterocycles. The summed E-state index contributed by atoms with van der Waals surface area (Å²) in [5.74, 6) is -0.148. The minimum Gasteiger partial charge on any atom is -0.396 e. The van der Waals surface area contributed by atoms with E-state index in [0.717, 1.165) is 0 Å². The summed E-state index contributed by atoms with van der Waals surface area (Å²) in [7, 11) is 1.77. The van der Waals surface area contributed by atoms with Gasteiger partial charge in [0.1, 0.15) is 5.69 Å². The van der Waals surface area contributed by atoms with Crippen molar-refractivity contribution in [3.63, 3.8) is 0 Å². The number of nitrogens with one attached hydrogen (secondary N) is 1. The molecule has 2 heterocycles. The van der Waals surface area contributed by atoms with Gasteiger partial charge in [0.25, 0.3) is 5.91 Å². The fourth-order valence-corrected chi connectivity index (χ4v) is 1.45. The van der Waals surface area contributed by atoms with E-state index in [0.29, 0.717) is 24.5 Å². The summed E-state index contributed by atoms with van der Waals surface area (Å²) in [4.78, 5) is 15.6. The molecular formula is C10H14N6O. The fraction of sp³-hybridized carbons (Fsp3) is 0.300. The molecule has 0 saturated carbocycles. The van der Waals surface area contributed by atoms with Crippen LogP contribution in [0.5, 0.6) is 0 Å². The summed E-state index contributed by atoms with van der Waals surface area (Å²) >= 11 is 0. The van der Waals surface area contributed by atoms with Gasteiger partial charge in [-0.3, -0.25) is 9.48 Å². The molecule has 3 N–H and O–H groups in total. The van der Waals surface area contributed by atoms with E-state index in [1.165, 1.54) is 6.20 Å². The van der Waals surface area contributed by atoms with E-state index in [4.69, 9.17) is 5.73 Å². The van der Waals surface area contributed by atoms with Crippen molar-refractivity contribution in [1.29, 1.82) is 0 Å². The Morgan fingerprint density at radius 2 is 2.35 bits per heavy atom. The van der Waals surface area contributed by atoms with Crippen molar-refractivity contribution in [1.82, 2.24) is 24.6 Å². The van der Waals surface area contributed by atoms with Gasteiger partial charge in [0, 0.05) is 19.8 Å². The van der Waals surface area contributed by atoms with Gasteiger partial charge in [-0.15, -0.1) is 0 Å². The number of amides is 1. The van der Waals surface area contributed by atoms with Crippen molar-refractivity contribution in [2.24, 2.45) is 7.05 Å². The van der Waals surface area contributed by atoms with Gasteiger partial charge < -0.3 is 15.6 Å². The number of anilines is 1. The predicted octanol–water partition coefficient (Wildman–Crippen LogP) is -0.371. The first-order valence-corrected chi connectivity index (χ1v) is 5.19. The second-order valence-corrected chi connectivity index (χ2v) is 3.68. The largest absolute Gasteiger partial charge is 0.396 e. The lowest BCUT2D eigenvalue weighted by atomic mass is 10.4. The number of carbonyl (C=O) groups is 1. The molecule has 0 aliphatic carbocycles. The fourth-order valence-electron chi connectivity index (χ4n) is 1.45. The van der Waals surface area contributed by atoms with Crippen LogP contribution >= 0.6 is 0 Å². The lowest BCUT2D eigenvalue weighted by Gasteiger charge is -2.05. The van der Waals surface area contributed by atoms with E-state index in [1.807, 2.05) is 0 Å². The average molecular weight is 234 g/mol. The highest BCUT2D eigenvalue weighted by atomic mass is 16.1. The van der Waals surface area contributed by atoms with Crippen molar-refractivity contribution < 1.29 is 4.79 Å². The van der Waals surface area contributed by atoms with Gasteiger partial charge in [-0.05, 0) is 0 Å². The third-order valence-electron chi connectivity index (χ3n) is 2.33. The van der Waals surface area contributed by atoms with Gasteiger partial charge in [-0.1, -0.05) is 0 Å². The minimum absolute atomic E-state index is 0.148. The molecule has 0 spiro atoms. The number of carbonyl (C=O) groups excluding carboxylic acids is 1. The van der Waals surface area contributed by atoms with Crippen LogP contribution in [0.1, 0.15) is 10.5 Å². The molecule has 0 atom stereocenters. The lowest BCUT2D eigenvalue weighted by Crippen LogP contribution is -2.28. The number of rotatable bonds is 4. The molecule has 2 aromatic rings. The molecule has 1 amide bonds. The zero-order chi connectivity index (χ0) is 12.3. The summed E-state index contributed by atoms with van der Waals surface area (Å²) in [5, 5.41) is 6.80. The van der Waals surface area contributed by atoms with E-state index in [2.05, 4.69) is 15.4 Å². The van der Waals surface area contributed by atoms with Crippen LogP contribution in [0, 0.1) is 0 Å². The molecular weight excluding hydrogens is 220 g/mol. The molecule has 0 aromatic carbocycles. The number of hydrogen-bond acceptors (Lipinski definition) is 4.